The minimum absolute atomic E-state index is 0.141. The summed E-state index contributed by atoms with van der Waals surface area (Å²) in [5, 5.41) is 51.2. The summed E-state index contributed by atoms with van der Waals surface area (Å²) in [6, 6.07) is 6.47. The maximum atomic E-state index is 10.5. The zero-order chi connectivity index (χ0) is 29.9. The van der Waals surface area contributed by atoms with Crippen LogP contribution in [0.2, 0.25) is 0 Å². The van der Waals surface area contributed by atoms with Crippen molar-refractivity contribution < 1.29 is 29.9 Å². The van der Waals surface area contributed by atoms with Gasteiger partial charge in [0.05, 0.1) is 6.61 Å². The van der Waals surface area contributed by atoms with E-state index in [0.29, 0.717) is 12.0 Å². The summed E-state index contributed by atoms with van der Waals surface area (Å²) >= 11 is 0. The predicted octanol–water partition coefficient (Wildman–Crippen LogP) is 2.23. The molecule has 4 heterocycles. The fraction of sp³-hybridized carbons (Fsp3) is 0.656. The van der Waals surface area contributed by atoms with E-state index in [1.54, 1.807) is 0 Å². The first-order chi connectivity index (χ1) is 20.2. The topological polar surface area (TPSA) is 143 Å². The van der Waals surface area contributed by atoms with Gasteiger partial charge >= 0.3 is 0 Å². The Labute approximate surface area is 248 Å². The van der Waals surface area contributed by atoms with Crippen LogP contribution in [0.15, 0.2) is 24.3 Å². The Morgan fingerprint density at radius 3 is 2.64 bits per heavy atom. The van der Waals surface area contributed by atoms with Crippen LogP contribution in [0, 0.1) is 6.92 Å². The normalized spacial score (nSPS) is 28.3. The number of piperidine rings is 1. The van der Waals surface area contributed by atoms with E-state index in [1.807, 2.05) is 0 Å². The van der Waals surface area contributed by atoms with Crippen LogP contribution in [0.4, 0.5) is 0 Å². The molecule has 3 aliphatic rings. The van der Waals surface area contributed by atoms with Crippen molar-refractivity contribution >= 4 is 6.08 Å². The van der Waals surface area contributed by atoms with E-state index in [0.717, 1.165) is 48.4 Å². The van der Waals surface area contributed by atoms with E-state index in [1.165, 1.54) is 37.8 Å². The molecule has 1 aromatic heterocycles. The van der Waals surface area contributed by atoms with Gasteiger partial charge in [-0.25, -0.2) is 0 Å². The molecule has 0 aliphatic carbocycles. The van der Waals surface area contributed by atoms with E-state index < -0.39 is 37.3 Å². The Morgan fingerprint density at radius 1 is 1.14 bits per heavy atom. The number of aromatic amines is 1. The Morgan fingerprint density at radius 2 is 1.93 bits per heavy atom. The average Bonchev–Trinajstić information content (AvgIpc) is 3.56. The van der Waals surface area contributed by atoms with Crippen LogP contribution in [-0.2, 0) is 11.2 Å². The molecule has 232 valence electrons. The fourth-order valence-electron chi connectivity index (χ4n) is 6.84. The minimum atomic E-state index is -1.52. The van der Waals surface area contributed by atoms with Crippen LogP contribution in [-0.4, -0.2) is 105 Å². The van der Waals surface area contributed by atoms with Crippen molar-refractivity contribution in [3.05, 3.63) is 52.2 Å². The van der Waals surface area contributed by atoms with E-state index in [-0.39, 0.29) is 11.8 Å². The quantitative estimate of drug-likeness (QED) is 0.248. The molecule has 0 saturated carbocycles. The largest absolute Gasteiger partial charge is 0.443 e. The monoisotopic (exact) mass is 584 g/mol. The summed E-state index contributed by atoms with van der Waals surface area (Å²) in [5.74, 6) is 0.404. The van der Waals surface area contributed by atoms with Crippen molar-refractivity contribution in [2.75, 3.05) is 32.8 Å². The summed E-state index contributed by atoms with van der Waals surface area (Å²) in [5.41, 5.74) is 5.62. The third-order valence-electron chi connectivity index (χ3n) is 9.40. The van der Waals surface area contributed by atoms with Gasteiger partial charge in [0.1, 0.15) is 24.4 Å². The lowest BCUT2D eigenvalue weighted by Crippen LogP contribution is -2.60. The molecule has 10 heteroatoms. The lowest BCUT2D eigenvalue weighted by atomic mass is 9.85. The minimum Gasteiger partial charge on any atom is -0.443 e. The molecular formula is C32H48N4O6. The van der Waals surface area contributed by atoms with Gasteiger partial charge in [-0.1, -0.05) is 44.2 Å². The van der Waals surface area contributed by atoms with Gasteiger partial charge in [-0.2, -0.15) is 0 Å². The third kappa shape index (κ3) is 6.60. The SMILES string of the molecule is Cc1cc(/C=C/CCN2CCCC23CCNCC3)ccc1Cc1c(O[C@@H]2O[C@H](CO)[C@@H](O)[C@H](O)[C@H]2O)n[nH]c1C(C)C. The molecule has 1 spiro atoms. The Balaban J connectivity index is 1.24. The second-order valence-electron chi connectivity index (χ2n) is 12.5. The molecule has 0 bridgehead atoms. The highest BCUT2D eigenvalue weighted by Gasteiger charge is 2.45. The molecule has 0 amide bonds. The molecule has 2 aromatic rings. The zero-order valence-electron chi connectivity index (χ0n) is 25.1. The molecule has 42 heavy (non-hydrogen) atoms. The van der Waals surface area contributed by atoms with Crippen molar-refractivity contribution in [1.29, 1.82) is 0 Å². The Bertz CT molecular complexity index is 1210. The first-order valence-electron chi connectivity index (χ1n) is 15.5. The van der Waals surface area contributed by atoms with Gasteiger partial charge in [0.2, 0.25) is 12.2 Å². The van der Waals surface area contributed by atoms with Crippen LogP contribution < -0.4 is 10.1 Å². The summed E-state index contributed by atoms with van der Waals surface area (Å²) in [6.07, 6.45) is 4.48. The summed E-state index contributed by atoms with van der Waals surface area (Å²) in [6.45, 7) is 10.3. The number of benzene rings is 1. The van der Waals surface area contributed by atoms with Gasteiger partial charge in [-0.05, 0) is 81.3 Å². The summed E-state index contributed by atoms with van der Waals surface area (Å²) < 4.78 is 11.5. The zero-order valence-corrected chi connectivity index (χ0v) is 25.1. The van der Waals surface area contributed by atoms with Gasteiger partial charge < -0.3 is 35.2 Å². The van der Waals surface area contributed by atoms with Crippen molar-refractivity contribution in [3.8, 4) is 5.88 Å². The van der Waals surface area contributed by atoms with Crippen LogP contribution in [0.25, 0.3) is 6.08 Å². The standard InChI is InChI=1S/C32H48N4O6/c1-20(2)26-24(30(35-34-26)42-31-29(40)28(39)27(38)25(19-37)41-31)18-23-9-8-22(17-21(23)3)7-4-5-15-36-16-6-10-32(36)11-13-33-14-12-32/h4,7-9,17,20,25,27-29,31,33,37-40H,5-6,10-16,18-19H2,1-3H3,(H,34,35)/b7-4+/t25-,27-,28+,29-,31+/m1/s1. The second-order valence-corrected chi connectivity index (χ2v) is 12.5. The molecule has 10 nitrogen and oxygen atoms in total. The smallest absolute Gasteiger partial charge is 0.238 e. The molecular weight excluding hydrogens is 536 g/mol. The number of aliphatic hydroxyl groups is 4. The maximum Gasteiger partial charge on any atom is 0.238 e. The second kappa shape index (κ2) is 13.5. The van der Waals surface area contributed by atoms with Gasteiger partial charge in [0.15, 0.2) is 0 Å². The number of aliphatic hydroxyl groups excluding tert-OH is 4. The highest BCUT2D eigenvalue weighted by atomic mass is 16.7. The Kier molecular flexibility index (Phi) is 10.0. The van der Waals surface area contributed by atoms with Crippen molar-refractivity contribution in [1.82, 2.24) is 20.4 Å². The van der Waals surface area contributed by atoms with E-state index in [9.17, 15) is 20.4 Å². The number of aromatic nitrogens is 2. The highest BCUT2D eigenvalue weighted by molar-refractivity contribution is 5.52. The van der Waals surface area contributed by atoms with Crippen LogP contribution in [0.1, 0.15) is 79.8 Å². The average molecular weight is 585 g/mol. The predicted molar refractivity (Wildman–Crippen MR) is 160 cm³/mol. The van der Waals surface area contributed by atoms with E-state index >= 15 is 0 Å². The third-order valence-corrected chi connectivity index (χ3v) is 9.40. The number of ether oxygens (including phenoxy) is 2. The van der Waals surface area contributed by atoms with Crippen LogP contribution in [0.3, 0.4) is 0 Å². The van der Waals surface area contributed by atoms with Gasteiger partial charge in [-0.3, -0.25) is 10.00 Å². The molecule has 1 aromatic carbocycles. The number of likely N-dealkylation sites (tertiary alicyclic amines) is 1. The van der Waals surface area contributed by atoms with E-state index in [4.69, 9.17) is 9.47 Å². The number of hydrogen-bond donors (Lipinski definition) is 6. The summed E-state index contributed by atoms with van der Waals surface area (Å²) in [4.78, 5) is 2.73. The van der Waals surface area contributed by atoms with Gasteiger partial charge in [-0.15, -0.1) is 5.10 Å². The molecule has 5 rings (SSSR count). The number of nitrogens with zero attached hydrogens (tertiary/aromatic N) is 2. The number of nitrogens with one attached hydrogen (secondary N) is 2. The number of hydrogen-bond acceptors (Lipinski definition) is 9. The first kappa shape index (κ1) is 31.1. The Hall–Kier alpha value is -2.31. The highest BCUT2D eigenvalue weighted by Crippen LogP contribution is 2.37. The lowest BCUT2D eigenvalue weighted by Gasteiger charge is -2.42. The summed E-state index contributed by atoms with van der Waals surface area (Å²) in [7, 11) is 0. The number of H-pyrrole nitrogens is 1. The van der Waals surface area contributed by atoms with Crippen LogP contribution in [0.5, 0.6) is 5.88 Å². The molecule has 0 radical (unpaired) electrons. The molecule has 6 N–H and O–H groups in total. The maximum absolute atomic E-state index is 10.5. The fourth-order valence-corrected chi connectivity index (χ4v) is 6.84. The van der Waals surface area contributed by atoms with Crippen molar-refractivity contribution in [2.45, 2.75) is 101 Å². The van der Waals surface area contributed by atoms with Crippen LogP contribution >= 0.6 is 0 Å². The molecule has 5 atom stereocenters. The van der Waals surface area contributed by atoms with Crippen molar-refractivity contribution in [3.63, 3.8) is 0 Å². The molecule has 3 saturated heterocycles. The number of rotatable bonds is 10. The number of aryl methyl sites for hydroxylation is 1. The van der Waals surface area contributed by atoms with E-state index in [2.05, 4.69) is 71.5 Å². The van der Waals surface area contributed by atoms with Gasteiger partial charge in [0.25, 0.3) is 0 Å². The molecule has 3 aliphatic heterocycles. The molecule has 0 unspecified atom stereocenters. The van der Waals surface area contributed by atoms with Crippen molar-refractivity contribution in [2.24, 2.45) is 0 Å². The molecule has 3 fully saturated rings. The first-order valence-corrected chi connectivity index (χ1v) is 15.5. The van der Waals surface area contributed by atoms with Gasteiger partial charge in [0, 0.05) is 29.8 Å². The lowest BCUT2D eigenvalue weighted by molar-refractivity contribution is -0.278.